The van der Waals surface area contributed by atoms with Crippen molar-refractivity contribution >= 4 is 33.2 Å². The van der Waals surface area contributed by atoms with E-state index in [0.29, 0.717) is 12.8 Å². The van der Waals surface area contributed by atoms with Gasteiger partial charge in [-0.1, -0.05) is 34.1 Å². The average Bonchev–Trinajstić information content (AvgIpc) is 2.76. The standard InChI is InChI=1S/C14H14BrNO2S/c1-9-16-8-12(19-9)7-11(14(17)18)6-10-4-2-3-5-13(10)15/h2-5,8,11H,6-7H2,1H3,(H,17,18). The van der Waals surface area contributed by atoms with Crippen LogP contribution in [0.25, 0.3) is 0 Å². The van der Waals surface area contributed by atoms with E-state index in [4.69, 9.17) is 0 Å². The molecular weight excluding hydrogens is 326 g/mol. The number of halogens is 1. The normalized spacial score (nSPS) is 12.3. The van der Waals surface area contributed by atoms with Gasteiger partial charge in [-0.25, -0.2) is 4.98 Å². The summed E-state index contributed by atoms with van der Waals surface area (Å²) >= 11 is 5.02. The Morgan fingerprint density at radius 2 is 2.16 bits per heavy atom. The fraction of sp³-hybridized carbons (Fsp3) is 0.286. The van der Waals surface area contributed by atoms with Gasteiger partial charge in [0.25, 0.3) is 0 Å². The van der Waals surface area contributed by atoms with Crippen LogP contribution in [0.2, 0.25) is 0 Å². The van der Waals surface area contributed by atoms with Crippen molar-refractivity contribution in [2.45, 2.75) is 19.8 Å². The van der Waals surface area contributed by atoms with Crippen molar-refractivity contribution in [3.63, 3.8) is 0 Å². The van der Waals surface area contributed by atoms with Gasteiger partial charge in [0.05, 0.1) is 10.9 Å². The molecule has 0 bridgehead atoms. The summed E-state index contributed by atoms with van der Waals surface area (Å²) in [6, 6.07) is 7.74. The van der Waals surface area contributed by atoms with Crippen molar-refractivity contribution in [3.05, 3.63) is 50.4 Å². The average molecular weight is 340 g/mol. The Morgan fingerprint density at radius 1 is 1.42 bits per heavy atom. The molecule has 1 aromatic heterocycles. The highest BCUT2D eigenvalue weighted by atomic mass is 79.9. The number of nitrogens with zero attached hydrogens (tertiary/aromatic N) is 1. The van der Waals surface area contributed by atoms with Crippen LogP contribution in [0.1, 0.15) is 15.4 Å². The van der Waals surface area contributed by atoms with Crippen LogP contribution in [0.4, 0.5) is 0 Å². The van der Waals surface area contributed by atoms with E-state index in [0.717, 1.165) is 19.9 Å². The van der Waals surface area contributed by atoms with E-state index in [-0.39, 0.29) is 0 Å². The molecule has 0 radical (unpaired) electrons. The largest absolute Gasteiger partial charge is 0.481 e. The lowest BCUT2D eigenvalue weighted by Crippen LogP contribution is -2.19. The summed E-state index contributed by atoms with van der Waals surface area (Å²) in [6.45, 7) is 1.93. The molecule has 0 amide bonds. The molecule has 2 rings (SSSR count). The SMILES string of the molecule is Cc1ncc(CC(Cc2ccccc2Br)C(=O)O)s1. The summed E-state index contributed by atoms with van der Waals surface area (Å²) in [4.78, 5) is 16.6. The molecule has 0 aliphatic carbocycles. The molecule has 1 aromatic carbocycles. The number of aliphatic carboxylic acids is 1. The first-order valence-corrected chi connectivity index (χ1v) is 7.54. The smallest absolute Gasteiger partial charge is 0.307 e. The molecule has 1 atom stereocenters. The van der Waals surface area contributed by atoms with Crippen molar-refractivity contribution in [2.75, 3.05) is 0 Å². The monoisotopic (exact) mass is 339 g/mol. The second kappa shape index (κ2) is 6.30. The Labute approximate surface area is 124 Å². The van der Waals surface area contributed by atoms with Crippen LogP contribution < -0.4 is 0 Å². The quantitative estimate of drug-likeness (QED) is 0.903. The second-order valence-corrected chi connectivity index (χ2v) is 6.55. The molecule has 3 nitrogen and oxygen atoms in total. The zero-order chi connectivity index (χ0) is 13.8. The van der Waals surface area contributed by atoms with Gasteiger partial charge in [0.15, 0.2) is 0 Å². The Kier molecular flexibility index (Phi) is 4.71. The van der Waals surface area contributed by atoms with Gasteiger partial charge < -0.3 is 5.11 Å². The first-order valence-electron chi connectivity index (χ1n) is 5.94. The van der Waals surface area contributed by atoms with Crippen molar-refractivity contribution in [1.82, 2.24) is 4.98 Å². The highest BCUT2D eigenvalue weighted by Gasteiger charge is 2.20. The van der Waals surface area contributed by atoms with E-state index in [9.17, 15) is 9.90 Å². The molecule has 19 heavy (non-hydrogen) atoms. The molecule has 1 N–H and O–H groups in total. The summed E-state index contributed by atoms with van der Waals surface area (Å²) < 4.78 is 0.960. The topological polar surface area (TPSA) is 50.2 Å². The molecule has 100 valence electrons. The maximum absolute atomic E-state index is 11.4. The third-order valence-electron chi connectivity index (χ3n) is 2.89. The van der Waals surface area contributed by atoms with E-state index in [1.807, 2.05) is 31.2 Å². The van der Waals surface area contributed by atoms with Gasteiger partial charge in [-0.3, -0.25) is 4.79 Å². The van der Waals surface area contributed by atoms with Crippen LogP contribution in [0.15, 0.2) is 34.9 Å². The number of benzene rings is 1. The van der Waals surface area contributed by atoms with E-state index >= 15 is 0 Å². The molecular formula is C14H14BrNO2S. The van der Waals surface area contributed by atoms with Crippen LogP contribution in [-0.2, 0) is 17.6 Å². The van der Waals surface area contributed by atoms with Gasteiger partial charge >= 0.3 is 5.97 Å². The summed E-state index contributed by atoms with van der Waals surface area (Å²) in [5, 5.41) is 10.3. The van der Waals surface area contributed by atoms with Crippen LogP contribution in [0.5, 0.6) is 0 Å². The van der Waals surface area contributed by atoms with Crippen LogP contribution >= 0.6 is 27.3 Å². The molecule has 0 saturated heterocycles. The summed E-state index contributed by atoms with van der Waals surface area (Å²) in [7, 11) is 0. The van der Waals surface area contributed by atoms with Crippen molar-refractivity contribution in [2.24, 2.45) is 5.92 Å². The minimum atomic E-state index is -0.762. The van der Waals surface area contributed by atoms with Gasteiger partial charge in [0, 0.05) is 15.5 Å². The highest BCUT2D eigenvalue weighted by Crippen LogP contribution is 2.23. The number of aryl methyl sites for hydroxylation is 1. The van der Waals surface area contributed by atoms with Gasteiger partial charge in [0.1, 0.15) is 0 Å². The third kappa shape index (κ3) is 3.88. The Hall–Kier alpha value is -1.20. The van der Waals surface area contributed by atoms with E-state index < -0.39 is 11.9 Å². The number of hydrogen-bond acceptors (Lipinski definition) is 3. The number of hydrogen-bond donors (Lipinski definition) is 1. The molecule has 1 unspecified atom stereocenters. The molecule has 0 fully saturated rings. The maximum atomic E-state index is 11.4. The summed E-state index contributed by atoms with van der Waals surface area (Å²) in [5.41, 5.74) is 1.02. The zero-order valence-corrected chi connectivity index (χ0v) is 12.9. The minimum Gasteiger partial charge on any atom is -0.481 e. The van der Waals surface area contributed by atoms with Gasteiger partial charge in [0.2, 0.25) is 0 Å². The lowest BCUT2D eigenvalue weighted by Gasteiger charge is -2.12. The van der Waals surface area contributed by atoms with Crippen LogP contribution in [-0.4, -0.2) is 16.1 Å². The minimum absolute atomic E-state index is 0.418. The number of carboxylic acid groups (broad SMARTS) is 1. The predicted octanol–water partition coefficient (Wildman–Crippen LogP) is 3.70. The molecule has 0 aliphatic rings. The second-order valence-electron chi connectivity index (χ2n) is 4.38. The fourth-order valence-electron chi connectivity index (χ4n) is 1.92. The Morgan fingerprint density at radius 3 is 2.74 bits per heavy atom. The van der Waals surface area contributed by atoms with E-state index in [1.54, 1.807) is 17.5 Å². The van der Waals surface area contributed by atoms with E-state index in [1.165, 1.54) is 0 Å². The molecule has 0 saturated carbocycles. The van der Waals surface area contributed by atoms with Crippen molar-refractivity contribution < 1.29 is 9.90 Å². The first kappa shape index (κ1) is 14.2. The van der Waals surface area contributed by atoms with Gasteiger partial charge in [-0.05, 0) is 31.4 Å². The lowest BCUT2D eigenvalue weighted by molar-refractivity contribution is -0.141. The molecule has 0 spiro atoms. The van der Waals surface area contributed by atoms with E-state index in [2.05, 4.69) is 20.9 Å². The predicted molar refractivity (Wildman–Crippen MR) is 79.5 cm³/mol. The summed E-state index contributed by atoms with van der Waals surface area (Å²) in [5.74, 6) is -1.18. The summed E-state index contributed by atoms with van der Waals surface area (Å²) in [6.07, 6.45) is 2.83. The van der Waals surface area contributed by atoms with Crippen LogP contribution in [0.3, 0.4) is 0 Å². The number of rotatable bonds is 5. The number of carboxylic acids is 1. The third-order valence-corrected chi connectivity index (χ3v) is 4.60. The fourth-order valence-corrected chi connectivity index (χ4v) is 3.24. The maximum Gasteiger partial charge on any atom is 0.307 e. The number of aromatic nitrogens is 1. The zero-order valence-electron chi connectivity index (χ0n) is 10.5. The van der Waals surface area contributed by atoms with Crippen molar-refractivity contribution in [3.8, 4) is 0 Å². The van der Waals surface area contributed by atoms with Gasteiger partial charge in [-0.2, -0.15) is 0 Å². The van der Waals surface area contributed by atoms with Gasteiger partial charge in [-0.15, -0.1) is 11.3 Å². The first-order chi connectivity index (χ1) is 9.06. The highest BCUT2D eigenvalue weighted by molar-refractivity contribution is 9.10. The van der Waals surface area contributed by atoms with Crippen LogP contribution in [0, 0.1) is 12.8 Å². The molecule has 5 heteroatoms. The Balaban J connectivity index is 2.13. The Bertz CT molecular complexity index is 582. The molecule has 2 aromatic rings. The number of carbonyl (C=O) groups is 1. The molecule has 0 aliphatic heterocycles. The van der Waals surface area contributed by atoms with Crippen molar-refractivity contribution in [1.29, 1.82) is 0 Å². The molecule has 1 heterocycles. The lowest BCUT2D eigenvalue weighted by atomic mass is 9.96. The number of thiazole rings is 1.